The van der Waals surface area contributed by atoms with Gasteiger partial charge in [-0.25, -0.2) is 9.97 Å². The summed E-state index contributed by atoms with van der Waals surface area (Å²) < 4.78 is 8.35. The summed E-state index contributed by atoms with van der Waals surface area (Å²) >= 11 is 0. The molecule has 45 heavy (non-hydrogen) atoms. The molecule has 3 amide bonds. The Kier molecular flexibility index (Phi) is 7.57. The van der Waals surface area contributed by atoms with Crippen LogP contribution in [-0.4, -0.2) is 37.0 Å². The number of aryl methyl sites for hydroxylation is 4. The van der Waals surface area contributed by atoms with Gasteiger partial charge in [0.1, 0.15) is 11.5 Å². The van der Waals surface area contributed by atoms with Crippen molar-refractivity contribution in [1.29, 1.82) is 0 Å². The van der Waals surface area contributed by atoms with E-state index >= 15 is 0 Å². The van der Waals surface area contributed by atoms with Gasteiger partial charge in [-0.1, -0.05) is 25.1 Å². The number of rotatable bonds is 7. The summed E-state index contributed by atoms with van der Waals surface area (Å²) in [5.74, 6) is -0.0534. The van der Waals surface area contributed by atoms with Gasteiger partial charge in [-0.15, -0.1) is 0 Å². The van der Waals surface area contributed by atoms with Crippen molar-refractivity contribution in [3.8, 4) is 11.1 Å². The molecule has 1 aliphatic heterocycles. The van der Waals surface area contributed by atoms with Gasteiger partial charge in [-0.3, -0.25) is 19.2 Å². The summed E-state index contributed by atoms with van der Waals surface area (Å²) in [6, 6.07) is 8.45. The molecule has 1 unspecified atom stereocenters. The SMILES string of the molecule is CCC1c2c(cc(C)nc2C(=O)NC2=CC(C(=O)Nc3cn(C)cn3)=CCC2)C(=O)N1c1ccc(-c2c(C)on(C)c2=O)cc1. The second-order valence-corrected chi connectivity index (χ2v) is 11.2. The number of carbonyl (C=O) groups is 3. The number of fused-ring (bicyclic) bond motifs is 1. The largest absolute Gasteiger partial charge is 0.381 e. The van der Waals surface area contributed by atoms with Crippen LogP contribution in [0.2, 0.25) is 0 Å². The van der Waals surface area contributed by atoms with E-state index in [4.69, 9.17) is 4.52 Å². The lowest BCUT2D eigenvalue weighted by molar-refractivity contribution is -0.112. The molecule has 0 saturated carbocycles. The molecule has 12 heteroatoms. The monoisotopic (exact) mass is 607 g/mol. The molecule has 2 N–H and O–H groups in total. The van der Waals surface area contributed by atoms with Crippen LogP contribution in [-0.2, 0) is 18.9 Å². The summed E-state index contributed by atoms with van der Waals surface area (Å²) in [5.41, 5.74) is 4.26. The summed E-state index contributed by atoms with van der Waals surface area (Å²) in [6.07, 6.45) is 8.41. The molecule has 6 rings (SSSR count). The maximum atomic E-state index is 13.8. The predicted molar refractivity (Wildman–Crippen MR) is 168 cm³/mol. The van der Waals surface area contributed by atoms with Crippen LogP contribution in [0.15, 0.2) is 75.6 Å². The minimum atomic E-state index is -0.442. The quantitative estimate of drug-likeness (QED) is 0.315. The molecule has 3 aromatic heterocycles. The van der Waals surface area contributed by atoms with Gasteiger partial charge >= 0.3 is 0 Å². The van der Waals surface area contributed by atoms with Crippen molar-refractivity contribution in [3.63, 3.8) is 0 Å². The fraction of sp³-hybridized carbons (Fsp3) is 0.273. The fourth-order valence-electron chi connectivity index (χ4n) is 6.00. The van der Waals surface area contributed by atoms with Crippen molar-refractivity contribution in [3.05, 3.63) is 105 Å². The van der Waals surface area contributed by atoms with Crippen LogP contribution in [0.5, 0.6) is 0 Å². The molecule has 1 aliphatic carbocycles. The van der Waals surface area contributed by atoms with Crippen LogP contribution in [0.3, 0.4) is 0 Å². The van der Waals surface area contributed by atoms with E-state index in [-0.39, 0.29) is 23.1 Å². The molecule has 1 aromatic carbocycles. The van der Waals surface area contributed by atoms with Crippen LogP contribution in [0.4, 0.5) is 11.5 Å². The standard InChI is InChI=1S/C33H33N7O5/c1-6-25-28-24(32(43)40(25)23-12-10-20(11-13-23)27-19(3)45-39(5)33(27)44)14-18(2)35-29(28)31(42)36-22-9-7-8-21(15-22)30(41)37-26-16-38(4)17-34-26/h8,10-17,25H,6-7,9H2,1-5H3,(H,36,42)(H,37,41). The van der Waals surface area contributed by atoms with Gasteiger partial charge in [0, 0.05) is 54.1 Å². The molecule has 0 saturated heterocycles. The number of nitrogens with zero attached hydrogens (tertiary/aromatic N) is 5. The van der Waals surface area contributed by atoms with Crippen molar-refractivity contribution < 1.29 is 18.9 Å². The van der Waals surface area contributed by atoms with Crippen LogP contribution >= 0.6 is 0 Å². The zero-order valence-corrected chi connectivity index (χ0v) is 25.7. The first-order valence-corrected chi connectivity index (χ1v) is 14.7. The summed E-state index contributed by atoms with van der Waals surface area (Å²) in [5, 5.41) is 5.71. The Morgan fingerprint density at radius 3 is 2.47 bits per heavy atom. The van der Waals surface area contributed by atoms with Crippen LogP contribution in [0, 0.1) is 13.8 Å². The van der Waals surface area contributed by atoms with Crippen molar-refractivity contribution >= 4 is 29.2 Å². The lowest BCUT2D eigenvalue weighted by Gasteiger charge is -2.25. The predicted octanol–water partition coefficient (Wildman–Crippen LogP) is 4.47. The summed E-state index contributed by atoms with van der Waals surface area (Å²) in [7, 11) is 3.37. The Morgan fingerprint density at radius 1 is 1.07 bits per heavy atom. The topological polar surface area (TPSA) is 144 Å². The Labute approximate surface area is 259 Å². The van der Waals surface area contributed by atoms with E-state index in [2.05, 4.69) is 20.6 Å². The maximum Gasteiger partial charge on any atom is 0.290 e. The fourth-order valence-corrected chi connectivity index (χ4v) is 6.00. The van der Waals surface area contributed by atoms with Crippen molar-refractivity contribution in [2.45, 2.75) is 46.1 Å². The number of aromatic nitrogens is 4. The lowest BCUT2D eigenvalue weighted by Crippen LogP contribution is -2.29. The second kappa shape index (κ2) is 11.5. The molecule has 0 radical (unpaired) electrons. The van der Waals surface area contributed by atoms with E-state index in [0.29, 0.717) is 75.7 Å². The minimum Gasteiger partial charge on any atom is -0.381 e. The first kappa shape index (κ1) is 29.5. The number of hydrogen-bond acceptors (Lipinski definition) is 7. The van der Waals surface area contributed by atoms with Gasteiger partial charge in [0.2, 0.25) is 0 Å². The number of pyridine rings is 1. The third-order valence-corrected chi connectivity index (χ3v) is 8.03. The molecule has 0 spiro atoms. The molecule has 4 aromatic rings. The molecule has 230 valence electrons. The normalized spacial score (nSPS) is 15.9. The number of anilines is 2. The molecule has 12 nitrogen and oxygen atoms in total. The average molecular weight is 608 g/mol. The molecule has 2 aliphatic rings. The first-order chi connectivity index (χ1) is 21.5. The highest BCUT2D eigenvalue weighted by Crippen LogP contribution is 2.41. The Morgan fingerprint density at radius 2 is 1.82 bits per heavy atom. The summed E-state index contributed by atoms with van der Waals surface area (Å²) in [6.45, 7) is 5.44. The van der Waals surface area contributed by atoms with E-state index in [1.165, 1.54) is 4.74 Å². The highest BCUT2D eigenvalue weighted by atomic mass is 16.5. The van der Waals surface area contributed by atoms with E-state index in [0.717, 1.165) is 0 Å². The Balaban J connectivity index is 1.27. The number of carbonyl (C=O) groups excluding carboxylic acids is 3. The van der Waals surface area contributed by atoms with E-state index in [1.807, 2.05) is 20.0 Å². The third kappa shape index (κ3) is 5.39. The second-order valence-electron chi connectivity index (χ2n) is 11.2. The maximum absolute atomic E-state index is 13.8. The number of nitrogens with one attached hydrogen (secondary N) is 2. The van der Waals surface area contributed by atoms with E-state index < -0.39 is 11.9 Å². The highest BCUT2D eigenvalue weighted by Gasteiger charge is 2.41. The van der Waals surface area contributed by atoms with Crippen LogP contribution in [0.25, 0.3) is 11.1 Å². The number of imidazole rings is 1. The van der Waals surface area contributed by atoms with Gasteiger partial charge in [0.15, 0.2) is 5.82 Å². The van der Waals surface area contributed by atoms with E-state index in [1.54, 1.807) is 79.3 Å². The average Bonchev–Trinajstić information content (AvgIpc) is 3.64. The third-order valence-electron chi connectivity index (χ3n) is 8.03. The van der Waals surface area contributed by atoms with Gasteiger partial charge in [0.05, 0.1) is 17.9 Å². The lowest BCUT2D eigenvalue weighted by atomic mass is 9.98. The molecule has 4 heterocycles. The van der Waals surface area contributed by atoms with Crippen molar-refractivity contribution in [2.24, 2.45) is 14.1 Å². The molecular formula is C33H33N7O5. The van der Waals surface area contributed by atoms with Gasteiger partial charge in [-0.05, 0) is 62.9 Å². The van der Waals surface area contributed by atoms with Crippen molar-refractivity contribution in [2.75, 3.05) is 10.2 Å². The first-order valence-electron chi connectivity index (χ1n) is 14.7. The Bertz CT molecular complexity index is 1980. The van der Waals surface area contributed by atoms with Gasteiger partial charge in [0.25, 0.3) is 23.3 Å². The zero-order valence-electron chi connectivity index (χ0n) is 25.7. The molecule has 1 atom stereocenters. The number of benzene rings is 1. The number of amides is 3. The number of allylic oxidation sites excluding steroid dienone is 2. The van der Waals surface area contributed by atoms with Gasteiger partial charge < -0.3 is 24.6 Å². The Hall–Kier alpha value is -5.52. The molecule has 0 fully saturated rings. The minimum absolute atomic E-state index is 0.178. The number of hydrogen-bond donors (Lipinski definition) is 2. The smallest absolute Gasteiger partial charge is 0.290 e. The summed E-state index contributed by atoms with van der Waals surface area (Å²) in [4.78, 5) is 63.4. The van der Waals surface area contributed by atoms with Crippen molar-refractivity contribution in [1.82, 2.24) is 24.6 Å². The zero-order chi connectivity index (χ0) is 32.0. The van der Waals surface area contributed by atoms with Gasteiger partial charge in [-0.2, -0.15) is 4.74 Å². The van der Waals surface area contributed by atoms with E-state index in [9.17, 15) is 19.2 Å². The van der Waals surface area contributed by atoms with Crippen LogP contribution < -0.4 is 21.1 Å². The molecule has 0 bridgehead atoms. The van der Waals surface area contributed by atoms with Crippen LogP contribution in [0.1, 0.15) is 70.1 Å². The molecular weight excluding hydrogens is 574 g/mol. The highest BCUT2D eigenvalue weighted by molar-refractivity contribution is 6.13.